The molecular weight excluding hydrogens is 399 g/mol. The maximum Gasteiger partial charge on any atom is 0.321 e. The SMILES string of the molecule is O=C(NCC#Cc1ccc(N2CCNC2=O)cc1)C1CC(=O)N(c2ccc(F)cc2)C1. The molecule has 1 atom stereocenters. The van der Waals surface area contributed by atoms with E-state index in [4.69, 9.17) is 0 Å². The van der Waals surface area contributed by atoms with Crippen molar-refractivity contribution in [2.45, 2.75) is 6.42 Å². The number of rotatable bonds is 4. The van der Waals surface area contributed by atoms with Gasteiger partial charge in [-0.1, -0.05) is 11.8 Å². The van der Waals surface area contributed by atoms with Crippen molar-refractivity contribution in [2.75, 3.05) is 36.0 Å². The fraction of sp³-hybridized carbons (Fsp3) is 0.261. The minimum Gasteiger partial charge on any atom is -0.345 e. The molecule has 2 saturated heterocycles. The minimum absolute atomic E-state index is 0.107. The Balaban J connectivity index is 1.28. The highest BCUT2D eigenvalue weighted by Crippen LogP contribution is 2.25. The Morgan fingerprint density at radius 1 is 1.06 bits per heavy atom. The molecule has 4 rings (SSSR count). The minimum atomic E-state index is -0.467. The van der Waals surface area contributed by atoms with E-state index in [1.807, 2.05) is 24.3 Å². The Kier molecular flexibility index (Phi) is 5.85. The molecule has 2 N–H and O–H groups in total. The van der Waals surface area contributed by atoms with Gasteiger partial charge in [-0.3, -0.25) is 14.5 Å². The lowest BCUT2D eigenvalue weighted by Gasteiger charge is -2.16. The van der Waals surface area contributed by atoms with Gasteiger partial charge in [0.25, 0.3) is 0 Å². The molecule has 2 aromatic carbocycles. The lowest BCUT2D eigenvalue weighted by molar-refractivity contribution is -0.126. The summed E-state index contributed by atoms with van der Waals surface area (Å²) in [7, 11) is 0. The van der Waals surface area contributed by atoms with E-state index in [0.29, 0.717) is 18.8 Å². The van der Waals surface area contributed by atoms with Crippen LogP contribution in [0.2, 0.25) is 0 Å². The van der Waals surface area contributed by atoms with Crippen molar-refractivity contribution in [1.82, 2.24) is 10.6 Å². The van der Waals surface area contributed by atoms with Crippen LogP contribution in [0.5, 0.6) is 0 Å². The summed E-state index contributed by atoms with van der Waals surface area (Å²) in [6.07, 6.45) is 0.113. The topological polar surface area (TPSA) is 81.8 Å². The summed E-state index contributed by atoms with van der Waals surface area (Å²) >= 11 is 0. The fourth-order valence-corrected chi connectivity index (χ4v) is 3.62. The molecule has 8 heteroatoms. The average molecular weight is 420 g/mol. The highest BCUT2D eigenvalue weighted by molar-refractivity contribution is 6.00. The van der Waals surface area contributed by atoms with Crippen LogP contribution in [-0.2, 0) is 9.59 Å². The van der Waals surface area contributed by atoms with Crippen molar-refractivity contribution in [1.29, 1.82) is 0 Å². The third kappa shape index (κ3) is 4.67. The molecule has 0 aromatic heterocycles. The molecule has 2 aliphatic heterocycles. The van der Waals surface area contributed by atoms with Crippen LogP contribution in [0.4, 0.5) is 20.6 Å². The Morgan fingerprint density at radius 2 is 1.74 bits per heavy atom. The van der Waals surface area contributed by atoms with Crippen molar-refractivity contribution in [2.24, 2.45) is 5.92 Å². The predicted octanol–water partition coefficient (Wildman–Crippen LogP) is 1.88. The summed E-state index contributed by atoms with van der Waals surface area (Å²) in [5.74, 6) is 4.63. The van der Waals surface area contributed by atoms with Gasteiger partial charge in [-0.25, -0.2) is 9.18 Å². The van der Waals surface area contributed by atoms with Crippen LogP contribution in [0, 0.1) is 23.6 Å². The number of amides is 4. The van der Waals surface area contributed by atoms with E-state index in [9.17, 15) is 18.8 Å². The molecule has 2 heterocycles. The lowest BCUT2D eigenvalue weighted by Crippen LogP contribution is -2.33. The van der Waals surface area contributed by atoms with Crippen LogP contribution in [0.15, 0.2) is 48.5 Å². The number of nitrogens with one attached hydrogen (secondary N) is 2. The number of halogens is 1. The fourth-order valence-electron chi connectivity index (χ4n) is 3.62. The molecular formula is C23H21FN4O3. The number of carbonyl (C=O) groups excluding carboxylic acids is 3. The summed E-state index contributed by atoms with van der Waals surface area (Å²) in [6, 6.07) is 12.8. The quantitative estimate of drug-likeness (QED) is 0.741. The van der Waals surface area contributed by atoms with Gasteiger partial charge in [-0.05, 0) is 48.5 Å². The summed E-state index contributed by atoms with van der Waals surface area (Å²) < 4.78 is 13.1. The molecule has 7 nitrogen and oxygen atoms in total. The van der Waals surface area contributed by atoms with Crippen LogP contribution < -0.4 is 20.4 Å². The van der Waals surface area contributed by atoms with Crippen molar-refractivity contribution >= 4 is 29.2 Å². The standard InChI is InChI=1S/C23H21FN4O3/c24-18-5-9-20(10-6-18)28-15-17(14-21(28)29)22(30)25-11-1-2-16-3-7-19(8-4-16)27-13-12-26-23(27)31/h3-10,17H,11-15H2,(H,25,30)(H,26,31). The predicted molar refractivity (Wildman–Crippen MR) is 114 cm³/mol. The molecule has 2 fully saturated rings. The van der Waals surface area contributed by atoms with Gasteiger partial charge in [0, 0.05) is 43.0 Å². The van der Waals surface area contributed by atoms with Gasteiger partial charge in [-0.2, -0.15) is 0 Å². The zero-order valence-corrected chi connectivity index (χ0v) is 16.7. The zero-order valence-electron chi connectivity index (χ0n) is 16.7. The lowest BCUT2D eigenvalue weighted by atomic mass is 10.1. The van der Waals surface area contributed by atoms with Gasteiger partial charge in [0.1, 0.15) is 5.82 Å². The highest BCUT2D eigenvalue weighted by Gasteiger charge is 2.34. The molecule has 2 aliphatic rings. The van der Waals surface area contributed by atoms with E-state index < -0.39 is 5.92 Å². The first-order chi connectivity index (χ1) is 15.0. The number of urea groups is 1. The first-order valence-electron chi connectivity index (χ1n) is 9.99. The molecule has 0 aliphatic carbocycles. The van der Waals surface area contributed by atoms with Crippen LogP contribution in [0.3, 0.4) is 0 Å². The van der Waals surface area contributed by atoms with Crippen molar-refractivity contribution < 1.29 is 18.8 Å². The molecule has 0 bridgehead atoms. The number of hydrogen-bond donors (Lipinski definition) is 2. The molecule has 4 amide bonds. The third-order valence-electron chi connectivity index (χ3n) is 5.25. The van der Waals surface area contributed by atoms with Crippen molar-refractivity contribution in [3.05, 3.63) is 59.9 Å². The molecule has 0 radical (unpaired) electrons. The zero-order chi connectivity index (χ0) is 21.8. The monoisotopic (exact) mass is 420 g/mol. The number of benzene rings is 2. The normalized spacial score (nSPS) is 17.9. The average Bonchev–Trinajstić information content (AvgIpc) is 3.38. The summed E-state index contributed by atoms with van der Waals surface area (Å²) in [5, 5.41) is 5.50. The number of anilines is 2. The van der Waals surface area contributed by atoms with E-state index >= 15 is 0 Å². The van der Waals surface area contributed by atoms with Crippen LogP contribution in [-0.4, -0.2) is 44.0 Å². The number of hydrogen-bond acceptors (Lipinski definition) is 3. The maximum atomic E-state index is 13.1. The van der Waals surface area contributed by atoms with Gasteiger partial charge in [0.2, 0.25) is 11.8 Å². The van der Waals surface area contributed by atoms with Gasteiger partial charge < -0.3 is 15.5 Å². The van der Waals surface area contributed by atoms with Crippen LogP contribution in [0.25, 0.3) is 0 Å². The van der Waals surface area contributed by atoms with Gasteiger partial charge in [-0.15, -0.1) is 0 Å². The van der Waals surface area contributed by atoms with Crippen molar-refractivity contribution in [3.8, 4) is 11.8 Å². The molecule has 1 unspecified atom stereocenters. The number of nitrogens with zero attached hydrogens (tertiary/aromatic N) is 2. The Labute approximate surface area is 179 Å². The smallest absolute Gasteiger partial charge is 0.321 e. The molecule has 158 valence electrons. The van der Waals surface area contributed by atoms with Crippen LogP contribution >= 0.6 is 0 Å². The summed E-state index contributed by atoms with van der Waals surface area (Å²) in [5.41, 5.74) is 2.16. The molecule has 0 saturated carbocycles. The third-order valence-corrected chi connectivity index (χ3v) is 5.25. The van der Waals surface area contributed by atoms with E-state index in [2.05, 4.69) is 22.5 Å². The molecule has 0 spiro atoms. The van der Waals surface area contributed by atoms with Crippen molar-refractivity contribution in [3.63, 3.8) is 0 Å². The molecule has 2 aromatic rings. The second-order valence-corrected chi connectivity index (χ2v) is 7.33. The molecule has 31 heavy (non-hydrogen) atoms. The van der Waals surface area contributed by atoms with Gasteiger partial charge >= 0.3 is 6.03 Å². The van der Waals surface area contributed by atoms with E-state index in [-0.39, 0.29) is 43.2 Å². The van der Waals surface area contributed by atoms with Crippen LogP contribution in [0.1, 0.15) is 12.0 Å². The van der Waals surface area contributed by atoms with E-state index in [0.717, 1.165) is 11.3 Å². The van der Waals surface area contributed by atoms with E-state index in [1.54, 1.807) is 4.90 Å². The second-order valence-electron chi connectivity index (χ2n) is 7.33. The van der Waals surface area contributed by atoms with Gasteiger partial charge in [0.05, 0.1) is 12.5 Å². The maximum absolute atomic E-state index is 13.1. The first-order valence-corrected chi connectivity index (χ1v) is 9.99. The largest absolute Gasteiger partial charge is 0.345 e. The number of carbonyl (C=O) groups is 3. The first kappa shape index (κ1) is 20.4. The van der Waals surface area contributed by atoms with E-state index in [1.165, 1.54) is 29.2 Å². The highest BCUT2D eigenvalue weighted by atomic mass is 19.1. The summed E-state index contributed by atoms with van der Waals surface area (Å²) in [6.45, 7) is 1.69. The van der Waals surface area contributed by atoms with Gasteiger partial charge in [0.15, 0.2) is 0 Å². The summed E-state index contributed by atoms with van der Waals surface area (Å²) in [4.78, 5) is 39.5. The Hall–Kier alpha value is -3.86. The Morgan fingerprint density at radius 3 is 2.42 bits per heavy atom. The second kappa shape index (κ2) is 8.88. The Bertz CT molecular complexity index is 1060.